The third kappa shape index (κ3) is 5.64. The Balaban J connectivity index is 1.49. The van der Waals surface area contributed by atoms with Gasteiger partial charge in [0.15, 0.2) is 0 Å². The fourth-order valence-corrected chi connectivity index (χ4v) is 3.16. The Morgan fingerprint density at radius 3 is 2.59 bits per heavy atom. The maximum Gasteiger partial charge on any atom is 0.277 e. The van der Waals surface area contributed by atoms with Crippen LogP contribution in [0.1, 0.15) is 5.56 Å². The lowest BCUT2D eigenvalue weighted by Gasteiger charge is -2.16. The van der Waals surface area contributed by atoms with Crippen molar-refractivity contribution in [2.75, 3.05) is 24.7 Å². The molecule has 9 heteroatoms. The van der Waals surface area contributed by atoms with Crippen LogP contribution in [0.4, 0.5) is 10.1 Å². The lowest BCUT2D eigenvalue weighted by atomic mass is 10.1. The van der Waals surface area contributed by atoms with Crippen molar-refractivity contribution >= 4 is 29.3 Å². The number of benzene rings is 2. The number of hydrogen-bond donors (Lipinski definition) is 1. The molecular weight excluding hydrogens is 395 g/mol. The van der Waals surface area contributed by atoms with Crippen LogP contribution in [0.3, 0.4) is 0 Å². The van der Waals surface area contributed by atoms with E-state index >= 15 is 0 Å². The van der Waals surface area contributed by atoms with Gasteiger partial charge in [-0.15, -0.1) is 10.2 Å². The Morgan fingerprint density at radius 2 is 1.86 bits per heavy atom. The molecule has 3 aromatic rings. The summed E-state index contributed by atoms with van der Waals surface area (Å²) >= 11 is 1.11. The monoisotopic (exact) mass is 414 g/mol. The molecule has 2 amide bonds. The van der Waals surface area contributed by atoms with E-state index in [1.165, 1.54) is 36.2 Å². The van der Waals surface area contributed by atoms with Crippen molar-refractivity contribution in [3.63, 3.8) is 0 Å². The van der Waals surface area contributed by atoms with Crippen LogP contribution >= 0.6 is 11.8 Å². The van der Waals surface area contributed by atoms with Crippen LogP contribution in [0, 0.1) is 12.7 Å². The van der Waals surface area contributed by atoms with Gasteiger partial charge in [0.1, 0.15) is 5.82 Å². The highest BCUT2D eigenvalue weighted by Crippen LogP contribution is 2.25. The Hall–Kier alpha value is -3.20. The van der Waals surface area contributed by atoms with Crippen molar-refractivity contribution < 1.29 is 18.4 Å². The van der Waals surface area contributed by atoms with Crippen LogP contribution in [0.25, 0.3) is 11.5 Å². The van der Waals surface area contributed by atoms with E-state index in [2.05, 4.69) is 15.5 Å². The zero-order valence-electron chi connectivity index (χ0n) is 15.9. The first-order valence-corrected chi connectivity index (χ1v) is 9.72. The molecule has 150 valence electrons. The summed E-state index contributed by atoms with van der Waals surface area (Å²) in [6.45, 7) is 1.82. The highest BCUT2D eigenvalue weighted by molar-refractivity contribution is 7.99. The lowest BCUT2D eigenvalue weighted by molar-refractivity contribution is -0.131. The number of likely N-dealkylation sites (N-methyl/N-ethyl adjacent to an activating group) is 1. The minimum absolute atomic E-state index is 0.0513. The average molecular weight is 414 g/mol. The molecule has 0 bridgehead atoms. The summed E-state index contributed by atoms with van der Waals surface area (Å²) in [5, 5.41) is 10.9. The zero-order chi connectivity index (χ0) is 20.8. The van der Waals surface area contributed by atoms with Gasteiger partial charge < -0.3 is 14.6 Å². The molecule has 1 aromatic heterocycles. The van der Waals surface area contributed by atoms with Gasteiger partial charge in [-0.2, -0.15) is 0 Å². The van der Waals surface area contributed by atoms with Gasteiger partial charge in [0.25, 0.3) is 5.22 Å². The minimum Gasteiger partial charge on any atom is -0.411 e. The summed E-state index contributed by atoms with van der Waals surface area (Å²) in [5.74, 6) is -0.587. The molecule has 0 fully saturated rings. The lowest BCUT2D eigenvalue weighted by Crippen LogP contribution is -2.35. The molecule has 0 unspecified atom stereocenters. The number of amides is 2. The number of anilines is 1. The van der Waals surface area contributed by atoms with Crippen LogP contribution in [0.5, 0.6) is 0 Å². The molecule has 29 heavy (non-hydrogen) atoms. The molecule has 0 atom stereocenters. The zero-order valence-corrected chi connectivity index (χ0v) is 16.7. The molecule has 0 radical (unpaired) electrons. The van der Waals surface area contributed by atoms with Crippen molar-refractivity contribution in [2.24, 2.45) is 0 Å². The summed E-state index contributed by atoms with van der Waals surface area (Å²) in [6, 6.07) is 13.0. The SMILES string of the molecule is Cc1ccccc1-c1nnc(SCC(=O)N(C)CC(=O)Nc2ccc(F)cc2)o1. The quantitative estimate of drug-likeness (QED) is 0.597. The molecule has 0 spiro atoms. The molecule has 1 N–H and O–H groups in total. The van der Waals surface area contributed by atoms with Crippen molar-refractivity contribution in [1.29, 1.82) is 0 Å². The highest BCUT2D eigenvalue weighted by atomic mass is 32.2. The first kappa shape index (κ1) is 20.5. The fraction of sp³-hybridized carbons (Fsp3) is 0.200. The number of nitrogens with one attached hydrogen (secondary N) is 1. The summed E-state index contributed by atoms with van der Waals surface area (Å²) < 4.78 is 18.5. The third-order valence-electron chi connectivity index (χ3n) is 4.04. The van der Waals surface area contributed by atoms with Gasteiger partial charge >= 0.3 is 0 Å². The number of aryl methyl sites for hydroxylation is 1. The fourth-order valence-electron chi connectivity index (χ4n) is 2.46. The summed E-state index contributed by atoms with van der Waals surface area (Å²) in [6.07, 6.45) is 0. The van der Waals surface area contributed by atoms with Crippen LogP contribution in [0.15, 0.2) is 58.2 Å². The number of carbonyl (C=O) groups excluding carboxylic acids is 2. The largest absolute Gasteiger partial charge is 0.411 e. The predicted octanol–water partition coefficient (Wildman–Crippen LogP) is 3.37. The van der Waals surface area contributed by atoms with Crippen LogP contribution in [0.2, 0.25) is 0 Å². The number of hydrogen-bond acceptors (Lipinski definition) is 6. The molecule has 2 aromatic carbocycles. The number of nitrogens with zero attached hydrogens (tertiary/aromatic N) is 3. The van der Waals surface area contributed by atoms with Crippen LogP contribution in [-0.4, -0.2) is 46.3 Å². The van der Waals surface area contributed by atoms with E-state index in [9.17, 15) is 14.0 Å². The third-order valence-corrected chi connectivity index (χ3v) is 4.84. The van der Waals surface area contributed by atoms with E-state index in [0.29, 0.717) is 11.6 Å². The molecule has 3 rings (SSSR count). The van der Waals surface area contributed by atoms with Crippen LogP contribution < -0.4 is 5.32 Å². The van der Waals surface area contributed by atoms with Crippen LogP contribution in [-0.2, 0) is 9.59 Å². The minimum atomic E-state index is -0.390. The van der Waals surface area contributed by atoms with Gasteiger partial charge in [-0.1, -0.05) is 30.0 Å². The number of carbonyl (C=O) groups is 2. The Bertz CT molecular complexity index is 1010. The van der Waals surface area contributed by atoms with E-state index in [1.807, 2.05) is 31.2 Å². The normalized spacial score (nSPS) is 10.6. The maximum absolute atomic E-state index is 12.9. The van der Waals surface area contributed by atoms with E-state index in [1.54, 1.807) is 0 Å². The standard InChI is InChI=1S/C20H19FN4O3S/c1-13-5-3-4-6-16(13)19-23-24-20(28-19)29-12-18(27)25(2)11-17(26)22-15-9-7-14(21)8-10-15/h3-10H,11-12H2,1-2H3,(H,22,26). The summed E-state index contributed by atoms with van der Waals surface area (Å²) in [5.41, 5.74) is 2.31. The highest BCUT2D eigenvalue weighted by Gasteiger charge is 2.16. The number of rotatable bonds is 7. The first-order chi connectivity index (χ1) is 13.9. The topological polar surface area (TPSA) is 88.3 Å². The van der Waals surface area contributed by atoms with Crippen molar-refractivity contribution in [3.05, 3.63) is 59.9 Å². The van der Waals surface area contributed by atoms with Crippen molar-refractivity contribution in [2.45, 2.75) is 12.1 Å². The Morgan fingerprint density at radius 1 is 1.14 bits per heavy atom. The van der Waals surface area contributed by atoms with E-state index < -0.39 is 0 Å². The molecule has 7 nitrogen and oxygen atoms in total. The number of halogens is 1. The van der Waals surface area contributed by atoms with E-state index in [4.69, 9.17) is 4.42 Å². The Kier molecular flexibility index (Phi) is 6.61. The molecule has 0 aliphatic carbocycles. The van der Waals surface area contributed by atoms with Gasteiger partial charge in [0.05, 0.1) is 12.3 Å². The maximum atomic E-state index is 12.9. The van der Waals surface area contributed by atoms with Crippen molar-refractivity contribution in [3.8, 4) is 11.5 Å². The molecule has 0 aliphatic heterocycles. The van der Waals surface area contributed by atoms with Crippen molar-refractivity contribution in [1.82, 2.24) is 15.1 Å². The van der Waals surface area contributed by atoms with E-state index in [0.717, 1.165) is 22.9 Å². The second-order valence-electron chi connectivity index (χ2n) is 6.28. The summed E-state index contributed by atoms with van der Waals surface area (Å²) in [7, 11) is 1.53. The van der Waals surface area contributed by atoms with Gasteiger partial charge in [0.2, 0.25) is 17.7 Å². The first-order valence-electron chi connectivity index (χ1n) is 8.74. The molecule has 0 aliphatic rings. The molecule has 0 saturated carbocycles. The second-order valence-corrected chi connectivity index (χ2v) is 7.21. The number of aromatic nitrogens is 2. The predicted molar refractivity (Wildman–Crippen MR) is 108 cm³/mol. The number of thioether (sulfide) groups is 1. The van der Waals surface area contributed by atoms with Gasteiger partial charge in [-0.05, 0) is 42.8 Å². The average Bonchev–Trinajstić information content (AvgIpc) is 3.17. The van der Waals surface area contributed by atoms with Gasteiger partial charge in [-0.3, -0.25) is 9.59 Å². The molecule has 0 saturated heterocycles. The summed E-state index contributed by atoms with van der Waals surface area (Å²) in [4.78, 5) is 25.6. The second kappa shape index (κ2) is 9.33. The Labute approximate surface area is 171 Å². The molecular formula is C20H19FN4O3S. The smallest absolute Gasteiger partial charge is 0.277 e. The molecule has 1 heterocycles. The van der Waals surface area contributed by atoms with Gasteiger partial charge in [0, 0.05) is 18.3 Å². The van der Waals surface area contributed by atoms with Gasteiger partial charge in [-0.25, -0.2) is 4.39 Å². The van der Waals surface area contributed by atoms with E-state index in [-0.39, 0.29) is 35.2 Å².